The third kappa shape index (κ3) is 6.71. The second-order valence-corrected chi connectivity index (χ2v) is 4.82. The van der Waals surface area contributed by atoms with Crippen LogP contribution >= 0.6 is 0 Å². The Morgan fingerprint density at radius 2 is 1.64 bits per heavy atom. The predicted molar refractivity (Wildman–Crippen MR) is 80.2 cm³/mol. The number of amides is 3. The zero-order chi connectivity index (χ0) is 16.5. The summed E-state index contributed by atoms with van der Waals surface area (Å²) in [7, 11) is 3.28. The van der Waals surface area contributed by atoms with Crippen molar-refractivity contribution in [2.24, 2.45) is 0 Å². The predicted octanol–water partition coefficient (Wildman–Crippen LogP) is -1.68. The maximum Gasteiger partial charge on any atom is 0.293 e. The van der Waals surface area contributed by atoms with E-state index < -0.39 is 0 Å². The number of ether oxygens (including phenoxy) is 1. The summed E-state index contributed by atoms with van der Waals surface area (Å²) in [5.74, 6) is -0.237. The average molecular weight is 309 g/mol. The van der Waals surface area contributed by atoms with Crippen LogP contribution in [0.2, 0.25) is 0 Å². The molecule has 0 aromatic heterocycles. The first-order valence-electron chi connectivity index (χ1n) is 6.71. The van der Waals surface area contributed by atoms with Crippen molar-refractivity contribution >= 4 is 23.4 Å². The smallest absolute Gasteiger partial charge is 0.293 e. The molecule has 0 saturated carbocycles. The molecule has 0 heterocycles. The summed E-state index contributed by atoms with van der Waals surface area (Å²) in [6.07, 6.45) is 0. The standard InChI is InChI=1S/C14H20N4O4/c1-10(19)16-17-14(21)9-18(2)8-13(20)15-11-4-6-12(22-3)7-5-11/h4-7H,8-9H2,1-3H3,(H,15,20)(H,16,19)(H,17,21)/p+1. The van der Waals surface area contributed by atoms with Crippen molar-refractivity contribution in [1.82, 2.24) is 10.9 Å². The molecule has 8 nitrogen and oxygen atoms in total. The summed E-state index contributed by atoms with van der Waals surface area (Å²) in [4.78, 5) is 34.7. The Morgan fingerprint density at radius 3 is 2.18 bits per heavy atom. The molecule has 0 aliphatic rings. The van der Waals surface area contributed by atoms with Crippen LogP contribution in [0.25, 0.3) is 0 Å². The molecule has 0 aliphatic carbocycles. The normalized spacial score (nSPS) is 11.2. The van der Waals surface area contributed by atoms with Crippen molar-refractivity contribution in [3.05, 3.63) is 24.3 Å². The van der Waals surface area contributed by atoms with Gasteiger partial charge in [-0.15, -0.1) is 0 Å². The van der Waals surface area contributed by atoms with E-state index in [0.29, 0.717) is 16.3 Å². The summed E-state index contributed by atoms with van der Waals surface area (Å²) < 4.78 is 5.03. The van der Waals surface area contributed by atoms with Crippen LogP contribution in [0.5, 0.6) is 5.75 Å². The van der Waals surface area contributed by atoms with Crippen LogP contribution in [0.15, 0.2) is 24.3 Å². The van der Waals surface area contributed by atoms with Crippen LogP contribution in [0.3, 0.4) is 0 Å². The van der Waals surface area contributed by atoms with Gasteiger partial charge in [0.15, 0.2) is 13.1 Å². The largest absolute Gasteiger partial charge is 0.497 e. The van der Waals surface area contributed by atoms with Gasteiger partial charge in [0.05, 0.1) is 14.2 Å². The molecule has 0 saturated heterocycles. The van der Waals surface area contributed by atoms with Crippen molar-refractivity contribution < 1.29 is 24.0 Å². The van der Waals surface area contributed by atoms with Crippen LogP contribution in [-0.2, 0) is 14.4 Å². The lowest BCUT2D eigenvalue weighted by Crippen LogP contribution is -3.11. The number of rotatable bonds is 6. The van der Waals surface area contributed by atoms with E-state index in [1.54, 1.807) is 38.4 Å². The van der Waals surface area contributed by atoms with Gasteiger partial charge < -0.3 is 15.0 Å². The highest BCUT2D eigenvalue weighted by atomic mass is 16.5. The lowest BCUT2D eigenvalue weighted by atomic mass is 10.3. The number of quaternary nitrogens is 1. The summed E-state index contributed by atoms with van der Waals surface area (Å²) in [5, 5.41) is 2.73. The highest BCUT2D eigenvalue weighted by Gasteiger charge is 2.14. The average Bonchev–Trinajstić information content (AvgIpc) is 2.45. The molecule has 1 aromatic carbocycles. The minimum Gasteiger partial charge on any atom is -0.497 e. The minimum atomic E-state index is -0.370. The van der Waals surface area contributed by atoms with Gasteiger partial charge in [0.25, 0.3) is 11.8 Å². The molecule has 0 bridgehead atoms. The fourth-order valence-electron chi connectivity index (χ4n) is 1.69. The number of methoxy groups -OCH3 is 1. The molecule has 8 heteroatoms. The first kappa shape index (κ1) is 17.4. The molecular formula is C14H21N4O4+. The number of carbonyl (C=O) groups is 3. The molecule has 0 aliphatic heterocycles. The third-order valence-electron chi connectivity index (χ3n) is 2.68. The van der Waals surface area contributed by atoms with Crippen molar-refractivity contribution in [3.8, 4) is 5.75 Å². The van der Waals surface area contributed by atoms with Crippen LogP contribution in [0.1, 0.15) is 6.92 Å². The summed E-state index contributed by atoms with van der Waals surface area (Å²) >= 11 is 0. The van der Waals surface area contributed by atoms with E-state index in [2.05, 4.69) is 16.2 Å². The summed E-state index contributed by atoms with van der Waals surface area (Å²) in [5.41, 5.74) is 5.09. The number of hydrogen-bond donors (Lipinski definition) is 4. The van der Waals surface area contributed by atoms with Crippen LogP contribution in [0.4, 0.5) is 5.69 Å². The molecule has 1 rings (SSSR count). The number of carbonyl (C=O) groups excluding carboxylic acids is 3. The second kappa shape index (κ2) is 8.63. The third-order valence-corrected chi connectivity index (χ3v) is 2.68. The summed E-state index contributed by atoms with van der Waals surface area (Å²) in [6, 6.07) is 6.95. The van der Waals surface area contributed by atoms with Crippen LogP contribution in [-0.4, -0.2) is 45.0 Å². The first-order chi connectivity index (χ1) is 10.4. The zero-order valence-corrected chi connectivity index (χ0v) is 12.9. The fourth-order valence-corrected chi connectivity index (χ4v) is 1.69. The molecule has 0 fully saturated rings. The molecular weight excluding hydrogens is 288 g/mol. The van der Waals surface area contributed by atoms with E-state index in [4.69, 9.17) is 4.74 Å². The van der Waals surface area contributed by atoms with Gasteiger partial charge in [0.2, 0.25) is 5.91 Å². The lowest BCUT2D eigenvalue weighted by molar-refractivity contribution is -0.862. The van der Waals surface area contributed by atoms with E-state index in [0.717, 1.165) is 0 Å². The van der Waals surface area contributed by atoms with Crippen molar-refractivity contribution in [2.45, 2.75) is 6.92 Å². The number of hydrazine groups is 1. The van der Waals surface area contributed by atoms with Crippen LogP contribution < -0.4 is 25.8 Å². The number of anilines is 1. The molecule has 3 amide bonds. The van der Waals surface area contributed by atoms with Crippen molar-refractivity contribution in [2.75, 3.05) is 32.6 Å². The summed E-state index contributed by atoms with van der Waals surface area (Å²) in [6.45, 7) is 1.48. The van der Waals surface area contributed by atoms with Gasteiger partial charge in [-0.3, -0.25) is 25.2 Å². The zero-order valence-electron chi connectivity index (χ0n) is 12.9. The Balaban J connectivity index is 2.36. The highest BCUT2D eigenvalue weighted by molar-refractivity contribution is 5.91. The Bertz CT molecular complexity index is 530. The highest BCUT2D eigenvalue weighted by Crippen LogP contribution is 2.14. The molecule has 1 aromatic rings. The Hall–Kier alpha value is -2.61. The Morgan fingerprint density at radius 1 is 1.05 bits per heavy atom. The van der Waals surface area contributed by atoms with Crippen molar-refractivity contribution in [3.63, 3.8) is 0 Å². The second-order valence-electron chi connectivity index (χ2n) is 4.82. The minimum absolute atomic E-state index is 0.0658. The van der Waals surface area contributed by atoms with Gasteiger partial charge in [-0.2, -0.15) is 0 Å². The molecule has 120 valence electrons. The van der Waals surface area contributed by atoms with Gasteiger partial charge in [0, 0.05) is 12.6 Å². The lowest BCUT2D eigenvalue weighted by Gasteiger charge is -2.13. The molecule has 0 radical (unpaired) electrons. The van der Waals surface area contributed by atoms with Crippen molar-refractivity contribution in [1.29, 1.82) is 0 Å². The number of hydrogen-bond acceptors (Lipinski definition) is 4. The number of nitrogens with one attached hydrogen (secondary N) is 4. The topological polar surface area (TPSA) is 101 Å². The SMILES string of the molecule is COc1ccc(NC(=O)C[NH+](C)CC(=O)NNC(C)=O)cc1. The molecule has 4 N–H and O–H groups in total. The molecule has 22 heavy (non-hydrogen) atoms. The van der Waals surface area contributed by atoms with E-state index in [-0.39, 0.29) is 30.8 Å². The van der Waals surface area contributed by atoms with Gasteiger partial charge >= 0.3 is 0 Å². The number of likely N-dealkylation sites (N-methyl/N-ethyl adjacent to an activating group) is 1. The van der Waals surface area contributed by atoms with Crippen LogP contribution in [0, 0.1) is 0 Å². The van der Waals surface area contributed by atoms with Gasteiger partial charge in [-0.25, -0.2) is 0 Å². The molecule has 1 unspecified atom stereocenters. The Labute approximate surface area is 128 Å². The van der Waals surface area contributed by atoms with E-state index in [1.807, 2.05) is 0 Å². The fraction of sp³-hybridized carbons (Fsp3) is 0.357. The molecule has 1 atom stereocenters. The maximum absolute atomic E-state index is 11.9. The van der Waals surface area contributed by atoms with E-state index in [9.17, 15) is 14.4 Å². The van der Waals surface area contributed by atoms with Gasteiger partial charge in [0.1, 0.15) is 5.75 Å². The Kier molecular flexibility index (Phi) is 6.84. The monoisotopic (exact) mass is 309 g/mol. The van der Waals surface area contributed by atoms with E-state index in [1.165, 1.54) is 6.92 Å². The number of benzene rings is 1. The van der Waals surface area contributed by atoms with Gasteiger partial charge in [-0.05, 0) is 24.3 Å². The first-order valence-corrected chi connectivity index (χ1v) is 6.71. The van der Waals surface area contributed by atoms with Gasteiger partial charge in [-0.1, -0.05) is 0 Å². The van der Waals surface area contributed by atoms with E-state index >= 15 is 0 Å². The molecule has 0 spiro atoms. The maximum atomic E-state index is 11.9. The quantitative estimate of drug-likeness (QED) is 0.471.